The molecule has 0 fully saturated rings. The summed E-state index contributed by atoms with van der Waals surface area (Å²) in [6.45, 7) is 5.53. The van der Waals surface area contributed by atoms with Crippen molar-refractivity contribution in [3.63, 3.8) is 0 Å². The van der Waals surface area contributed by atoms with Crippen LogP contribution >= 0.6 is 0 Å². The lowest BCUT2D eigenvalue weighted by Crippen LogP contribution is -2.18. The first-order valence-electron chi connectivity index (χ1n) is 10.6. The predicted molar refractivity (Wildman–Crippen MR) is 121 cm³/mol. The fourth-order valence-electron chi connectivity index (χ4n) is 3.21. The normalized spacial score (nSPS) is 10.8. The van der Waals surface area contributed by atoms with Crippen molar-refractivity contribution in [2.24, 2.45) is 0 Å². The van der Waals surface area contributed by atoms with Crippen LogP contribution in [0.5, 0.6) is 5.75 Å². The summed E-state index contributed by atoms with van der Waals surface area (Å²) in [7, 11) is 0. The van der Waals surface area contributed by atoms with Crippen molar-refractivity contribution in [2.45, 2.75) is 46.1 Å². The van der Waals surface area contributed by atoms with Crippen LogP contribution in [0, 0.1) is 0 Å². The van der Waals surface area contributed by atoms with Gasteiger partial charge in [0.05, 0.1) is 17.2 Å². The number of unbranched alkanes of at least 4 members (excludes halogenated alkanes) is 1. The van der Waals surface area contributed by atoms with Crippen molar-refractivity contribution in [2.75, 3.05) is 11.9 Å². The predicted octanol–water partition coefficient (Wildman–Crippen LogP) is 5.16. The number of pyridine rings is 1. The molecule has 0 saturated heterocycles. The summed E-state index contributed by atoms with van der Waals surface area (Å²) < 4.78 is 10.5. The zero-order valence-corrected chi connectivity index (χ0v) is 18.2. The van der Waals surface area contributed by atoms with Gasteiger partial charge in [0, 0.05) is 23.3 Å². The van der Waals surface area contributed by atoms with Crippen LogP contribution in [0.1, 0.15) is 49.5 Å². The number of amides is 1. The number of nitrogens with zero attached hydrogens (tertiary/aromatic N) is 1. The Labute approximate surface area is 182 Å². The van der Waals surface area contributed by atoms with E-state index in [9.17, 15) is 9.59 Å². The standard InChI is InChI=1S/C25H28N2O4/c1-4-5-8-18-13-19-9-6-12-22(24(19)26-15-18)25(29)27-20-10-7-11-21(14-20)30-16-23(28)31-17(2)3/h6-7,9-15,17H,4-5,8,16H2,1-3H3,(H,27,29). The molecule has 3 aromatic rings. The van der Waals surface area contributed by atoms with Crippen LogP contribution in [0.4, 0.5) is 5.69 Å². The third kappa shape index (κ3) is 6.28. The van der Waals surface area contributed by atoms with Crippen LogP contribution in [-0.4, -0.2) is 29.6 Å². The topological polar surface area (TPSA) is 77.5 Å². The van der Waals surface area contributed by atoms with Crippen LogP contribution in [-0.2, 0) is 16.0 Å². The van der Waals surface area contributed by atoms with Crippen LogP contribution in [0.15, 0.2) is 54.7 Å². The molecular weight excluding hydrogens is 392 g/mol. The number of nitrogens with one attached hydrogen (secondary N) is 1. The second kappa shape index (κ2) is 10.6. The molecule has 1 heterocycles. The molecule has 0 aliphatic heterocycles. The van der Waals surface area contributed by atoms with Gasteiger partial charge in [-0.1, -0.05) is 31.5 Å². The number of carbonyl (C=O) groups is 2. The van der Waals surface area contributed by atoms with Gasteiger partial charge < -0.3 is 14.8 Å². The van der Waals surface area contributed by atoms with Gasteiger partial charge in [-0.2, -0.15) is 0 Å². The van der Waals surface area contributed by atoms with E-state index in [1.54, 1.807) is 44.2 Å². The quantitative estimate of drug-likeness (QED) is 0.484. The van der Waals surface area contributed by atoms with E-state index in [-0.39, 0.29) is 18.6 Å². The maximum absolute atomic E-state index is 12.9. The van der Waals surface area contributed by atoms with E-state index >= 15 is 0 Å². The molecule has 0 atom stereocenters. The lowest BCUT2D eigenvalue weighted by molar-refractivity contribution is -0.149. The Morgan fingerprint density at radius 3 is 2.68 bits per heavy atom. The fourth-order valence-corrected chi connectivity index (χ4v) is 3.21. The maximum atomic E-state index is 12.9. The van der Waals surface area contributed by atoms with Gasteiger partial charge in [0.2, 0.25) is 0 Å². The molecule has 0 spiro atoms. The highest BCUT2D eigenvalue weighted by Gasteiger charge is 2.13. The lowest BCUT2D eigenvalue weighted by atomic mass is 10.0. The Hall–Kier alpha value is -3.41. The lowest BCUT2D eigenvalue weighted by Gasteiger charge is -2.11. The first-order valence-corrected chi connectivity index (χ1v) is 10.6. The summed E-state index contributed by atoms with van der Waals surface area (Å²) in [6.07, 6.45) is 4.87. The number of aryl methyl sites for hydroxylation is 1. The van der Waals surface area contributed by atoms with Crippen molar-refractivity contribution in [1.29, 1.82) is 0 Å². The largest absolute Gasteiger partial charge is 0.482 e. The van der Waals surface area contributed by atoms with Crippen LogP contribution < -0.4 is 10.1 Å². The summed E-state index contributed by atoms with van der Waals surface area (Å²) in [4.78, 5) is 29.1. The van der Waals surface area contributed by atoms with Gasteiger partial charge in [-0.25, -0.2) is 4.79 Å². The van der Waals surface area contributed by atoms with Gasteiger partial charge in [-0.15, -0.1) is 0 Å². The van der Waals surface area contributed by atoms with Gasteiger partial charge >= 0.3 is 5.97 Å². The number of anilines is 1. The average molecular weight is 421 g/mol. The van der Waals surface area contributed by atoms with E-state index in [1.165, 1.54) is 5.56 Å². The van der Waals surface area contributed by atoms with Gasteiger partial charge in [0.15, 0.2) is 6.61 Å². The number of para-hydroxylation sites is 1. The number of aromatic nitrogens is 1. The second-order valence-corrected chi connectivity index (χ2v) is 7.63. The molecule has 6 nitrogen and oxygen atoms in total. The Balaban J connectivity index is 1.71. The number of esters is 1. The SMILES string of the molecule is CCCCc1cnc2c(C(=O)Nc3cccc(OCC(=O)OC(C)C)c3)cccc2c1. The molecule has 162 valence electrons. The van der Waals surface area contributed by atoms with E-state index in [4.69, 9.17) is 9.47 Å². The Morgan fingerprint density at radius 2 is 1.90 bits per heavy atom. The van der Waals surface area contributed by atoms with E-state index in [0.717, 1.165) is 24.6 Å². The Kier molecular flexibility index (Phi) is 7.60. The van der Waals surface area contributed by atoms with Gasteiger partial charge in [0.1, 0.15) is 5.75 Å². The number of hydrogen-bond acceptors (Lipinski definition) is 5. The van der Waals surface area contributed by atoms with Gasteiger partial charge in [0.25, 0.3) is 5.91 Å². The minimum absolute atomic E-state index is 0.191. The van der Waals surface area contributed by atoms with Crippen molar-refractivity contribution < 1.29 is 19.1 Å². The molecule has 0 aliphatic rings. The van der Waals surface area contributed by atoms with Crippen molar-refractivity contribution in [3.05, 3.63) is 65.9 Å². The van der Waals surface area contributed by atoms with Crippen LogP contribution in [0.25, 0.3) is 10.9 Å². The van der Waals surface area contributed by atoms with Crippen molar-refractivity contribution >= 4 is 28.5 Å². The minimum Gasteiger partial charge on any atom is -0.482 e. The number of ether oxygens (including phenoxy) is 2. The van der Waals surface area contributed by atoms with Crippen LogP contribution in [0.3, 0.4) is 0 Å². The van der Waals surface area contributed by atoms with E-state index in [1.807, 2.05) is 18.3 Å². The maximum Gasteiger partial charge on any atom is 0.344 e. The molecule has 31 heavy (non-hydrogen) atoms. The Bertz CT molecular complexity index is 1060. The zero-order chi connectivity index (χ0) is 22.2. The molecule has 0 aliphatic carbocycles. The molecule has 3 rings (SSSR count). The number of benzene rings is 2. The van der Waals surface area contributed by atoms with E-state index in [2.05, 4.69) is 23.3 Å². The molecule has 1 aromatic heterocycles. The van der Waals surface area contributed by atoms with Crippen molar-refractivity contribution in [3.8, 4) is 5.75 Å². The molecule has 0 radical (unpaired) electrons. The summed E-state index contributed by atoms with van der Waals surface area (Å²) in [5.74, 6) is -0.226. The van der Waals surface area contributed by atoms with Crippen molar-refractivity contribution in [1.82, 2.24) is 4.98 Å². The van der Waals surface area contributed by atoms with Gasteiger partial charge in [-0.3, -0.25) is 9.78 Å². The summed E-state index contributed by atoms with van der Waals surface area (Å²) in [5.41, 5.74) is 2.92. The zero-order valence-electron chi connectivity index (χ0n) is 18.2. The highest BCUT2D eigenvalue weighted by Crippen LogP contribution is 2.22. The smallest absolute Gasteiger partial charge is 0.344 e. The van der Waals surface area contributed by atoms with Crippen LogP contribution in [0.2, 0.25) is 0 Å². The highest BCUT2D eigenvalue weighted by molar-refractivity contribution is 6.11. The summed E-state index contributed by atoms with van der Waals surface area (Å²) >= 11 is 0. The van der Waals surface area contributed by atoms with Gasteiger partial charge in [-0.05, 0) is 56.5 Å². The summed E-state index contributed by atoms with van der Waals surface area (Å²) in [5, 5.41) is 3.83. The molecule has 0 bridgehead atoms. The first-order chi connectivity index (χ1) is 15.0. The highest BCUT2D eigenvalue weighted by atomic mass is 16.6. The Morgan fingerprint density at radius 1 is 1.10 bits per heavy atom. The third-order valence-corrected chi connectivity index (χ3v) is 4.65. The molecule has 0 saturated carbocycles. The monoisotopic (exact) mass is 420 g/mol. The first kappa shape index (κ1) is 22.3. The van der Waals surface area contributed by atoms with E-state index < -0.39 is 5.97 Å². The molecule has 6 heteroatoms. The molecule has 1 N–H and O–H groups in total. The molecule has 1 amide bonds. The molecule has 0 unspecified atom stereocenters. The number of fused-ring (bicyclic) bond motifs is 1. The number of carbonyl (C=O) groups excluding carboxylic acids is 2. The second-order valence-electron chi connectivity index (χ2n) is 7.63. The number of hydrogen-bond donors (Lipinski definition) is 1. The fraction of sp³-hybridized carbons (Fsp3) is 0.320. The number of rotatable bonds is 9. The third-order valence-electron chi connectivity index (χ3n) is 4.65. The summed E-state index contributed by atoms with van der Waals surface area (Å²) in [6, 6.07) is 14.6. The molecular formula is C25H28N2O4. The minimum atomic E-state index is -0.440. The average Bonchev–Trinajstić information content (AvgIpc) is 2.75. The molecule has 2 aromatic carbocycles. The van der Waals surface area contributed by atoms with E-state index in [0.29, 0.717) is 22.5 Å².